The van der Waals surface area contributed by atoms with Crippen LogP contribution < -0.4 is 5.73 Å². The van der Waals surface area contributed by atoms with Gasteiger partial charge in [0, 0.05) is 45.8 Å². The third-order valence-corrected chi connectivity index (χ3v) is 3.60. The van der Waals surface area contributed by atoms with Crippen LogP contribution in [-0.4, -0.2) is 49.1 Å². The summed E-state index contributed by atoms with van der Waals surface area (Å²) in [5, 5.41) is 0. The summed E-state index contributed by atoms with van der Waals surface area (Å²) < 4.78 is 0. The van der Waals surface area contributed by atoms with Gasteiger partial charge in [-0.1, -0.05) is 29.3 Å². The van der Waals surface area contributed by atoms with Crippen molar-refractivity contribution < 1.29 is 0 Å². The highest BCUT2D eigenvalue weighted by molar-refractivity contribution is 5.28. The van der Waals surface area contributed by atoms with Crippen LogP contribution >= 0.6 is 0 Å². The molecular weight excluding hydrogens is 222 g/mol. The van der Waals surface area contributed by atoms with Crippen molar-refractivity contribution in [2.24, 2.45) is 5.73 Å². The number of benzene rings is 1. The Morgan fingerprint density at radius 1 is 0.944 bits per heavy atom. The molecule has 1 heterocycles. The number of nitrogens with zero attached hydrogens (tertiary/aromatic N) is 2. The first-order valence-corrected chi connectivity index (χ1v) is 6.89. The molecule has 0 aliphatic carbocycles. The molecule has 3 heteroatoms. The van der Waals surface area contributed by atoms with Crippen molar-refractivity contribution in [3.8, 4) is 0 Å². The maximum atomic E-state index is 5.60. The average Bonchev–Trinajstić information content (AvgIpc) is 2.31. The number of hydrogen-bond donors (Lipinski definition) is 1. The van der Waals surface area contributed by atoms with Crippen LogP contribution in [0.1, 0.15) is 16.7 Å². The molecule has 1 aromatic rings. The van der Waals surface area contributed by atoms with Crippen molar-refractivity contribution in [1.82, 2.24) is 9.80 Å². The highest BCUT2D eigenvalue weighted by Gasteiger charge is 2.16. The molecule has 3 nitrogen and oxygen atoms in total. The Kier molecular flexibility index (Phi) is 4.75. The summed E-state index contributed by atoms with van der Waals surface area (Å²) in [6, 6.07) is 6.85. The highest BCUT2D eigenvalue weighted by atomic mass is 15.3. The van der Waals surface area contributed by atoms with E-state index < -0.39 is 0 Å². The van der Waals surface area contributed by atoms with Gasteiger partial charge in [0.2, 0.25) is 0 Å². The van der Waals surface area contributed by atoms with E-state index in [0.29, 0.717) is 0 Å². The first-order chi connectivity index (χ1) is 8.67. The second kappa shape index (κ2) is 6.32. The predicted octanol–water partition coefficient (Wildman–Crippen LogP) is 1.38. The Labute approximate surface area is 111 Å². The van der Waals surface area contributed by atoms with Crippen LogP contribution in [0.3, 0.4) is 0 Å². The molecule has 0 amide bonds. The molecule has 0 spiro atoms. The van der Waals surface area contributed by atoms with E-state index >= 15 is 0 Å². The van der Waals surface area contributed by atoms with E-state index in [1.165, 1.54) is 16.7 Å². The fourth-order valence-corrected chi connectivity index (χ4v) is 2.77. The second-order valence-electron chi connectivity index (χ2n) is 5.40. The summed E-state index contributed by atoms with van der Waals surface area (Å²) in [5.41, 5.74) is 9.77. The van der Waals surface area contributed by atoms with Crippen molar-refractivity contribution in [3.05, 3.63) is 34.9 Å². The van der Waals surface area contributed by atoms with Gasteiger partial charge in [-0.3, -0.25) is 9.80 Å². The molecule has 1 aliphatic rings. The number of rotatable bonds is 4. The van der Waals surface area contributed by atoms with Gasteiger partial charge in [-0.15, -0.1) is 0 Å². The van der Waals surface area contributed by atoms with Gasteiger partial charge >= 0.3 is 0 Å². The van der Waals surface area contributed by atoms with Crippen LogP contribution in [-0.2, 0) is 6.54 Å². The third kappa shape index (κ3) is 3.80. The molecule has 100 valence electrons. The lowest BCUT2D eigenvalue weighted by molar-refractivity contribution is 0.130. The van der Waals surface area contributed by atoms with Crippen LogP contribution in [0.2, 0.25) is 0 Å². The molecule has 0 saturated carbocycles. The summed E-state index contributed by atoms with van der Waals surface area (Å²) in [6.45, 7) is 11.9. The summed E-state index contributed by atoms with van der Waals surface area (Å²) in [4.78, 5) is 5.00. The Hall–Kier alpha value is -0.900. The lowest BCUT2D eigenvalue weighted by Crippen LogP contribution is -2.47. The fraction of sp³-hybridized carbons (Fsp3) is 0.600. The Balaban J connectivity index is 1.87. The van der Waals surface area contributed by atoms with Gasteiger partial charge in [0.15, 0.2) is 0 Å². The molecule has 0 atom stereocenters. The van der Waals surface area contributed by atoms with Crippen LogP contribution in [0.4, 0.5) is 0 Å². The highest BCUT2D eigenvalue weighted by Crippen LogP contribution is 2.12. The van der Waals surface area contributed by atoms with Crippen molar-refractivity contribution in [1.29, 1.82) is 0 Å². The van der Waals surface area contributed by atoms with Crippen LogP contribution in [0.25, 0.3) is 0 Å². The number of aryl methyl sites for hydroxylation is 2. The molecule has 0 radical (unpaired) electrons. The van der Waals surface area contributed by atoms with Gasteiger partial charge in [-0.2, -0.15) is 0 Å². The van der Waals surface area contributed by atoms with Crippen molar-refractivity contribution >= 4 is 0 Å². The first kappa shape index (κ1) is 13.5. The first-order valence-electron chi connectivity index (χ1n) is 6.89. The molecule has 1 aliphatic heterocycles. The number of nitrogens with two attached hydrogens (primary N) is 1. The SMILES string of the molecule is Cc1cc(C)cc(CN2CCN(CCN)CC2)c1. The quantitative estimate of drug-likeness (QED) is 0.872. The summed E-state index contributed by atoms with van der Waals surface area (Å²) in [5.74, 6) is 0. The largest absolute Gasteiger partial charge is 0.329 e. The minimum Gasteiger partial charge on any atom is -0.329 e. The van der Waals surface area contributed by atoms with Gasteiger partial charge in [0.1, 0.15) is 0 Å². The normalized spacial score (nSPS) is 18.2. The van der Waals surface area contributed by atoms with E-state index in [2.05, 4.69) is 41.8 Å². The Morgan fingerprint density at radius 3 is 2.06 bits per heavy atom. The number of piperazine rings is 1. The maximum absolute atomic E-state index is 5.60. The second-order valence-corrected chi connectivity index (χ2v) is 5.40. The summed E-state index contributed by atoms with van der Waals surface area (Å²) in [6.07, 6.45) is 0. The number of hydrogen-bond acceptors (Lipinski definition) is 3. The molecule has 1 saturated heterocycles. The smallest absolute Gasteiger partial charge is 0.0235 e. The topological polar surface area (TPSA) is 32.5 Å². The lowest BCUT2D eigenvalue weighted by atomic mass is 10.1. The minimum absolute atomic E-state index is 0.775. The molecule has 18 heavy (non-hydrogen) atoms. The standard InChI is InChI=1S/C15H25N3/c1-13-9-14(2)11-15(10-13)12-18-7-5-17(4-3-16)6-8-18/h9-11H,3-8,12,16H2,1-2H3. The molecule has 0 bridgehead atoms. The van der Waals surface area contributed by atoms with Gasteiger partial charge < -0.3 is 5.73 Å². The molecule has 2 rings (SSSR count). The maximum Gasteiger partial charge on any atom is 0.0235 e. The van der Waals surface area contributed by atoms with Crippen molar-refractivity contribution in [2.45, 2.75) is 20.4 Å². The fourth-order valence-electron chi connectivity index (χ4n) is 2.77. The van der Waals surface area contributed by atoms with E-state index in [9.17, 15) is 0 Å². The lowest BCUT2D eigenvalue weighted by Gasteiger charge is -2.34. The summed E-state index contributed by atoms with van der Waals surface area (Å²) >= 11 is 0. The van der Waals surface area contributed by atoms with Crippen LogP contribution in [0.15, 0.2) is 18.2 Å². The molecular formula is C15H25N3. The molecule has 0 unspecified atom stereocenters. The van der Waals surface area contributed by atoms with Crippen LogP contribution in [0.5, 0.6) is 0 Å². The summed E-state index contributed by atoms with van der Waals surface area (Å²) in [7, 11) is 0. The van der Waals surface area contributed by atoms with Gasteiger partial charge in [-0.25, -0.2) is 0 Å². The van der Waals surface area contributed by atoms with E-state index in [0.717, 1.165) is 45.8 Å². The van der Waals surface area contributed by atoms with E-state index in [1.54, 1.807) is 0 Å². The molecule has 0 aromatic heterocycles. The monoisotopic (exact) mass is 247 g/mol. The zero-order valence-electron chi connectivity index (χ0n) is 11.7. The van der Waals surface area contributed by atoms with Crippen molar-refractivity contribution in [3.63, 3.8) is 0 Å². The van der Waals surface area contributed by atoms with Crippen molar-refractivity contribution in [2.75, 3.05) is 39.3 Å². The average molecular weight is 247 g/mol. The van der Waals surface area contributed by atoms with Gasteiger partial charge in [0.25, 0.3) is 0 Å². The van der Waals surface area contributed by atoms with Gasteiger partial charge in [0.05, 0.1) is 0 Å². The zero-order valence-corrected chi connectivity index (χ0v) is 11.7. The van der Waals surface area contributed by atoms with E-state index in [1.807, 2.05) is 0 Å². The predicted molar refractivity (Wildman–Crippen MR) is 76.7 cm³/mol. The zero-order chi connectivity index (χ0) is 13.0. The Morgan fingerprint density at radius 2 is 1.50 bits per heavy atom. The Bertz CT molecular complexity index is 361. The minimum atomic E-state index is 0.775. The molecule has 1 fully saturated rings. The van der Waals surface area contributed by atoms with Gasteiger partial charge in [-0.05, 0) is 19.4 Å². The third-order valence-electron chi connectivity index (χ3n) is 3.60. The molecule has 1 aromatic carbocycles. The molecule has 2 N–H and O–H groups in total. The van der Waals surface area contributed by atoms with E-state index in [-0.39, 0.29) is 0 Å². The van der Waals surface area contributed by atoms with E-state index in [4.69, 9.17) is 5.73 Å². The van der Waals surface area contributed by atoms with Crippen LogP contribution in [0, 0.1) is 13.8 Å².